The summed E-state index contributed by atoms with van der Waals surface area (Å²) in [6.07, 6.45) is 13.0. The van der Waals surface area contributed by atoms with E-state index >= 15 is 0 Å². The summed E-state index contributed by atoms with van der Waals surface area (Å²) in [5, 5.41) is 10.1. The second kappa shape index (κ2) is 6.59. The zero-order valence-corrected chi connectivity index (χ0v) is 16.8. The van der Waals surface area contributed by atoms with Crippen LogP contribution in [0, 0.1) is 22.7 Å². The number of primary amides is 1. The molecule has 2 unspecified atom stereocenters. The molecule has 6 atom stereocenters. The monoisotopic (exact) mass is 371 g/mol. The molecule has 0 saturated heterocycles. The van der Waals surface area contributed by atoms with E-state index in [0.717, 1.165) is 32.1 Å². The minimum absolute atomic E-state index is 0.0168. The van der Waals surface area contributed by atoms with Crippen LogP contribution in [-0.4, -0.2) is 29.8 Å². The number of ether oxygens (including phenoxy) is 1. The van der Waals surface area contributed by atoms with Crippen LogP contribution in [0.5, 0.6) is 0 Å². The van der Waals surface area contributed by atoms with Gasteiger partial charge in [-0.3, -0.25) is 4.79 Å². The summed E-state index contributed by atoms with van der Waals surface area (Å²) in [7, 11) is 0. The van der Waals surface area contributed by atoms with Gasteiger partial charge in [0.25, 0.3) is 0 Å². The number of carbonyl (C=O) groups is 1. The number of nitrogens with two attached hydrogens (primary N) is 1. The van der Waals surface area contributed by atoms with Crippen molar-refractivity contribution in [3.8, 4) is 0 Å². The summed E-state index contributed by atoms with van der Waals surface area (Å²) >= 11 is 0. The average Bonchev–Trinajstić information content (AvgIpc) is 2.97. The van der Waals surface area contributed by atoms with Gasteiger partial charge < -0.3 is 15.6 Å². The van der Waals surface area contributed by atoms with Crippen LogP contribution < -0.4 is 5.73 Å². The van der Waals surface area contributed by atoms with Gasteiger partial charge in [0.05, 0.1) is 12.2 Å². The second-order valence-corrected chi connectivity index (χ2v) is 9.55. The molecule has 4 aliphatic carbocycles. The molecule has 4 heteroatoms. The van der Waals surface area contributed by atoms with E-state index in [-0.39, 0.29) is 29.6 Å². The maximum absolute atomic E-state index is 11.1. The fraction of sp³-hybridized carbons (Fsp3) is 0.696. The Kier molecular flexibility index (Phi) is 4.63. The Bertz CT molecular complexity index is 736. The highest BCUT2D eigenvalue weighted by Gasteiger charge is 2.54. The summed E-state index contributed by atoms with van der Waals surface area (Å²) in [5.41, 5.74) is 9.96. The Morgan fingerprint density at radius 3 is 2.74 bits per heavy atom. The van der Waals surface area contributed by atoms with Crippen LogP contribution in [0.2, 0.25) is 0 Å². The lowest BCUT2D eigenvalue weighted by molar-refractivity contribution is -0.123. The lowest BCUT2D eigenvalue weighted by atomic mass is 9.50. The van der Waals surface area contributed by atoms with Crippen LogP contribution in [0.1, 0.15) is 59.3 Å². The molecule has 0 spiro atoms. The van der Waals surface area contributed by atoms with E-state index in [1.807, 2.05) is 6.92 Å². The van der Waals surface area contributed by atoms with Crippen LogP contribution in [0.4, 0.5) is 0 Å². The molecule has 0 bridgehead atoms. The quantitative estimate of drug-likeness (QED) is 0.741. The van der Waals surface area contributed by atoms with Crippen molar-refractivity contribution in [2.75, 3.05) is 6.61 Å². The molecule has 2 saturated carbocycles. The van der Waals surface area contributed by atoms with Crippen molar-refractivity contribution in [1.82, 2.24) is 0 Å². The molecule has 0 heterocycles. The summed E-state index contributed by atoms with van der Waals surface area (Å²) in [6.45, 7) is 6.83. The zero-order chi connectivity index (χ0) is 19.4. The fourth-order valence-electron chi connectivity index (χ4n) is 6.53. The number of allylic oxidation sites excluding steroid dienone is 4. The highest BCUT2D eigenvalue weighted by Crippen LogP contribution is 2.63. The van der Waals surface area contributed by atoms with E-state index in [1.54, 1.807) is 5.57 Å². The number of hydrogen-bond donors (Lipinski definition) is 2. The van der Waals surface area contributed by atoms with Gasteiger partial charge in [-0.25, -0.2) is 0 Å². The smallest absolute Gasteiger partial charge is 0.243 e. The molecule has 148 valence electrons. The third-order valence-corrected chi connectivity index (χ3v) is 8.10. The molecule has 4 nitrogen and oxygen atoms in total. The Hall–Kier alpha value is -1.39. The van der Waals surface area contributed by atoms with Gasteiger partial charge >= 0.3 is 0 Å². The van der Waals surface area contributed by atoms with E-state index < -0.39 is 5.91 Å². The maximum Gasteiger partial charge on any atom is 0.243 e. The van der Waals surface area contributed by atoms with E-state index in [9.17, 15) is 9.90 Å². The molecule has 27 heavy (non-hydrogen) atoms. The van der Waals surface area contributed by atoms with Crippen molar-refractivity contribution in [3.63, 3.8) is 0 Å². The number of fused-ring (bicyclic) bond motifs is 5. The van der Waals surface area contributed by atoms with Crippen LogP contribution in [-0.2, 0) is 9.53 Å². The summed E-state index contributed by atoms with van der Waals surface area (Å²) in [6, 6.07) is 0. The summed E-state index contributed by atoms with van der Waals surface area (Å²) in [4.78, 5) is 11.1. The first-order chi connectivity index (χ1) is 12.8. The molecule has 0 aromatic rings. The Labute approximate surface area is 162 Å². The topological polar surface area (TPSA) is 72.5 Å². The van der Waals surface area contributed by atoms with E-state index in [4.69, 9.17) is 10.5 Å². The Morgan fingerprint density at radius 1 is 1.26 bits per heavy atom. The highest BCUT2D eigenvalue weighted by atomic mass is 16.5. The van der Waals surface area contributed by atoms with Gasteiger partial charge in [-0.2, -0.15) is 0 Å². The fourth-order valence-corrected chi connectivity index (χ4v) is 6.53. The molecular weight excluding hydrogens is 338 g/mol. The number of aliphatic hydroxyl groups is 1. The van der Waals surface area contributed by atoms with Crippen molar-refractivity contribution in [2.45, 2.75) is 71.5 Å². The van der Waals surface area contributed by atoms with E-state index in [2.05, 4.69) is 32.1 Å². The number of amides is 1. The average molecular weight is 372 g/mol. The molecule has 0 radical (unpaired) electrons. The number of aliphatic hydroxyl groups excluding tert-OH is 1. The van der Waals surface area contributed by atoms with E-state index in [0.29, 0.717) is 11.8 Å². The van der Waals surface area contributed by atoms with Gasteiger partial charge in [0, 0.05) is 0 Å². The van der Waals surface area contributed by atoms with Crippen molar-refractivity contribution in [3.05, 3.63) is 34.9 Å². The van der Waals surface area contributed by atoms with Crippen LogP contribution in [0.25, 0.3) is 0 Å². The van der Waals surface area contributed by atoms with Crippen LogP contribution in [0.3, 0.4) is 0 Å². The van der Waals surface area contributed by atoms with Crippen molar-refractivity contribution in [1.29, 1.82) is 0 Å². The molecule has 0 aromatic heterocycles. The van der Waals surface area contributed by atoms with Crippen LogP contribution >= 0.6 is 0 Å². The maximum atomic E-state index is 11.1. The predicted octanol–water partition coefficient (Wildman–Crippen LogP) is 3.66. The zero-order valence-electron chi connectivity index (χ0n) is 16.8. The lowest BCUT2D eigenvalue weighted by Crippen LogP contribution is -2.46. The van der Waals surface area contributed by atoms with Gasteiger partial charge in [0.15, 0.2) is 0 Å². The highest BCUT2D eigenvalue weighted by molar-refractivity contribution is 5.75. The Balaban J connectivity index is 1.60. The molecule has 4 aliphatic rings. The molecule has 4 rings (SSSR count). The normalized spacial score (nSPS) is 41.5. The Morgan fingerprint density at radius 2 is 2.00 bits per heavy atom. The minimum atomic E-state index is -0.411. The van der Waals surface area contributed by atoms with Gasteiger partial charge in [-0.05, 0) is 73.7 Å². The largest absolute Gasteiger partial charge is 0.393 e. The third kappa shape index (κ3) is 2.92. The lowest BCUT2D eigenvalue weighted by Gasteiger charge is -2.54. The number of carbonyl (C=O) groups excluding carboxylic acids is 1. The van der Waals surface area contributed by atoms with Gasteiger partial charge in [-0.1, -0.05) is 43.2 Å². The first kappa shape index (κ1) is 18.9. The second-order valence-electron chi connectivity index (χ2n) is 9.55. The van der Waals surface area contributed by atoms with Gasteiger partial charge in [0.2, 0.25) is 5.91 Å². The molecule has 0 aliphatic heterocycles. The summed E-state index contributed by atoms with van der Waals surface area (Å²) < 4.78 is 5.75. The molecule has 1 amide bonds. The van der Waals surface area contributed by atoms with E-state index in [1.165, 1.54) is 17.6 Å². The standard InChI is InChI=1S/C23H33NO3/c1-14(27-13-21(24)26)18-6-7-19-17-5-4-15-12-16(25)8-10-22(15,2)20(17)9-11-23(18,19)3/h4-6,14,16,19-20,25H,7-13H2,1-3H3,(H2,24,26)/t14-,16-,19?,20?,22-,23+/m0/s1. The molecule has 3 N–H and O–H groups in total. The van der Waals surface area contributed by atoms with Crippen molar-refractivity contribution in [2.24, 2.45) is 28.4 Å². The SMILES string of the molecule is C[C@H](OCC(N)=O)C1=CCC2C3=CC=C4C[C@@H](O)CC[C@]4(C)C3CC[C@]12C. The molecule has 2 fully saturated rings. The molecule has 0 aromatic carbocycles. The van der Waals surface area contributed by atoms with Crippen molar-refractivity contribution >= 4 is 5.91 Å². The third-order valence-electron chi connectivity index (χ3n) is 8.10. The minimum Gasteiger partial charge on any atom is -0.393 e. The predicted molar refractivity (Wildman–Crippen MR) is 106 cm³/mol. The number of rotatable bonds is 4. The van der Waals surface area contributed by atoms with Crippen molar-refractivity contribution < 1.29 is 14.6 Å². The summed E-state index contributed by atoms with van der Waals surface area (Å²) in [5.74, 6) is 0.705. The molecular formula is C23H33NO3. The first-order valence-corrected chi connectivity index (χ1v) is 10.5. The van der Waals surface area contributed by atoms with Gasteiger partial charge in [-0.15, -0.1) is 0 Å². The first-order valence-electron chi connectivity index (χ1n) is 10.5. The van der Waals surface area contributed by atoms with Crippen LogP contribution in [0.15, 0.2) is 34.9 Å². The van der Waals surface area contributed by atoms with Gasteiger partial charge in [0.1, 0.15) is 6.61 Å². The number of hydrogen-bond acceptors (Lipinski definition) is 3.